The Hall–Kier alpha value is -3.19. The van der Waals surface area contributed by atoms with Gasteiger partial charge in [0.25, 0.3) is 5.91 Å². The summed E-state index contributed by atoms with van der Waals surface area (Å²) in [5.41, 5.74) is 1.94. The van der Waals surface area contributed by atoms with Crippen LogP contribution in [0.25, 0.3) is 0 Å². The standard InChI is InChI=1S/C30H35FN2O3S/c1-20(2)21-9-11-24(12-10-21)36-19-26-25-14-16-37-27(25)13-15-32(26)28(34)18-33(30(3,4)5)29(35)22-7-6-8-23(31)17-22/h6-12,14,16-17,20,26H,13,15,18-19H2,1-5H3/t26-/m0/s1. The Morgan fingerprint density at radius 1 is 1.14 bits per heavy atom. The second kappa shape index (κ2) is 11.1. The molecule has 2 heterocycles. The van der Waals surface area contributed by atoms with Crippen LogP contribution in [0.2, 0.25) is 0 Å². The number of carbonyl (C=O) groups is 2. The number of benzene rings is 2. The fraction of sp³-hybridized carbons (Fsp3) is 0.400. The first-order valence-electron chi connectivity index (χ1n) is 12.7. The molecule has 0 aliphatic carbocycles. The molecule has 3 aromatic rings. The number of hydrogen-bond acceptors (Lipinski definition) is 4. The van der Waals surface area contributed by atoms with Crippen LogP contribution in [-0.2, 0) is 11.2 Å². The molecule has 1 aliphatic rings. The van der Waals surface area contributed by atoms with Crippen molar-refractivity contribution in [2.24, 2.45) is 0 Å². The third-order valence-corrected chi connectivity index (χ3v) is 7.79. The Bertz CT molecular complexity index is 1250. The number of thiophene rings is 1. The molecule has 1 aromatic heterocycles. The zero-order valence-electron chi connectivity index (χ0n) is 22.2. The average Bonchev–Trinajstić information content (AvgIpc) is 3.34. The molecule has 4 rings (SSSR count). The molecule has 0 spiro atoms. The molecule has 5 nitrogen and oxygen atoms in total. The highest BCUT2D eigenvalue weighted by molar-refractivity contribution is 7.10. The lowest BCUT2D eigenvalue weighted by atomic mass is 9.99. The molecule has 0 saturated carbocycles. The molecule has 0 fully saturated rings. The van der Waals surface area contributed by atoms with Gasteiger partial charge in [0.05, 0.1) is 6.04 Å². The maximum absolute atomic E-state index is 13.8. The number of nitrogens with zero attached hydrogens (tertiary/aromatic N) is 2. The maximum atomic E-state index is 13.8. The van der Waals surface area contributed by atoms with E-state index in [2.05, 4.69) is 37.4 Å². The molecule has 0 radical (unpaired) electrons. The van der Waals surface area contributed by atoms with Gasteiger partial charge in [-0.05, 0) is 86.0 Å². The molecule has 2 aromatic carbocycles. The Morgan fingerprint density at radius 2 is 1.86 bits per heavy atom. The van der Waals surface area contributed by atoms with Crippen molar-refractivity contribution in [1.82, 2.24) is 9.80 Å². The highest BCUT2D eigenvalue weighted by Gasteiger charge is 2.36. The molecule has 1 atom stereocenters. The van der Waals surface area contributed by atoms with Crippen molar-refractivity contribution in [3.8, 4) is 5.75 Å². The Balaban J connectivity index is 1.54. The molecule has 37 heavy (non-hydrogen) atoms. The minimum Gasteiger partial charge on any atom is -0.491 e. The third-order valence-electron chi connectivity index (χ3n) is 6.79. The van der Waals surface area contributed by atoms with Crippen LogP contribution < -0.4 is 4.74 Å². The van der Waals surface area contributed by atoms with Crippen LogP contribution in [0.1, 0.15) is 72.9 Å². The van der Waals surface area contributed by atoms with Crippen molar-refractivity contribution >= 4 is 23.2 Å². The van der Waals surface area contributed by atoms with Gasteiger partial charge in [0.15, 0.2) is 0 Å². The first-order chi connectivity index (χ1) is 17.5. The largest absolute Gasteiger partial charge is 0.491 e. The molecule has 2 amide bonds. The van der Waals surface area contributed by atoms with E-state index in [1.54, 1.807) is 17.4 Å². The van der Waals surface area contributed by atoms with Crippen LogP contribution in [0.15, 0.2) is 60.0 Å². The van der Waals surface area contributed by atoms with Crippen molar-refractivity contribution in [2.75, 3.05) is 19.7 Å². The fourth-order valence-corrected chi connectivity index (χ4v) is 5.54. The number of ether oxygens (including phenoxy) is 1. The number of amides is 2. The summed E-state index contributed by atoms with van der Waals surface area (Å²) in [5.74, 6) is 0.198. The van der Waals surface area contributed by atoms with Crippen LogP contribution in [0, 0.1) is 5.82 Å². The lowest BCUT2D eigenvalue weighted by molar-refractivity contribution is -0.136. The predicted molar refractivity (Wildman–Crippen MR) is 146 cm³/mol. The van der Waals surface area contributed by atoms with Crippen molar-refractivity contribution in [2.45, 2.75) is 58.5 Å². The molecule has 0 saturated heterocycles. The van der Waals surface area contributed by atoms with Gasteiger partial charge in [-0.2, -0.15) is 0 Å². The Morgan fingerprint density at radius 3 is 2.51 bits per heavy atom. The summed E-state index contributed by atoms with van der Waals surface area (Å²) in [6.45, 7) is 10.7. The van der Waals surface area contributed by atoms with Gasteiger partial charge in [0, 0.05) is 22.5 Å². The normalized spacial score (nSPS) is 15.4. The Labute approximate surface area is 222 Å². The van der Waals surface area contributed by atoms with E-state index >= 15 is 0 Å². The summed E-state index contributed by atoms with van der Waals surface area (Å²) in [4.78, 5) is 31.7. The molecule has 0 N–H and O–H groups in total. The first kappa shape index (κ1) is 26.9. The number of hydrogen-bond donors (Lipinski definition) is 0. The zero-order valence-corrected chi connectivity index (χ0v) is 23.0. The van der Waals surface area contributed by atoms with Gasteiger partial charge in [-0.25, -0.2) is 4.39 Å². The second-order valence-electron chi connectivity index (χ2n) is 10.8. The van der Waals surface area contributed by atoms with E-state index in [1.807, 2.05) is 37.8 Å². The van der Waals surface area contributed by atoms with E-state index in [1.165, 1.54) is 33.5 Å². The number of halogens is 1. The first-order valence-corrected chi connectivity index (χ1v) is 13.6. The van der Waals surface area contributed by atoms with Crippen LogP contribution in [0.3, 0.4) is 0 Å². The minimum absolute atomic E-state index is 0.0993. The number of carbonyl (C=O) groups excluding carboxylic acids is 2. The summed E-state index contributed by atoms with van der Waals surface area (Å²) in [7, 11) is 0. The van der Waals surface area contributed by atoms with E-state index in [0.29, 0.717) is 19.1 Å². The van der Waals surface area contributed by atoms with Crippen LogP contribution in [0.5, 0.6) is 5.75 Å². The topological polar surface area (TPSA) is 49.9 Å². The highest BCUT2D eigenvalue weighted by Crippen LogP contribution is 2.34. The number of rotatable bonds is 7. The van der Waals surface area contributed by atoms with Gasteiger partial charge in [0.2, 0.25) is 5.91 Å². The van der Waals surface area contributed by atoms with Crippen molar-refractivity contribution < 1.29 is 18.7 Å². The van der Waals surface area contributed by atoms with Crippen molar-refractivity contribution in [3.05, 3.63) is 87.4 Å². The second-order valence-corrected chi connectivity index (χ2v) is 11.8. The van der Waals surface area contributed by atoms with Crippen molar-refractivity contribution in [3.63, 3.8) is 0 Å². The van der Waals surface area contributed by atoms with E-state index in [9.17, 15) is 14.0 Å². The Kier molecular flexibility index (Phi) is 8.02. The van der Waals surface area contributed by atoms with Gasteiger partial charge in [0.1, 0.15) is 24.7 Å². The fourth-order valence-electron chi connectivity index (χ4n) is 4.62. The van der Waals surface area contributed by atoms with Crippen LogP contribution in [0.4, 0.5) is 4.39 Å². The average molecular weight is 523 g/mol. The predicted octanol–water partition coefficient (Wildman–Crippen LogP) is 6.46. The quantitative estimate of drug-likeness (QED) is 0.358. The van der Waals surface area contributed by atoms with Gasteiger partial charge >= 0.3 is 0 Å². The molecule has 196 valence electrons. The molecular formula is C30H35FN2O3S. The van der Waals surface area contributed by atoms with E-state index in [4.69, 9.17) is 4.74 Å². The lowest BCUT2D eigenvalue weighted by Gasteiger charge is -2.40. The number of fused-ring (bicyclic) bond motifs is 1. The van der Waals surface area contributed by atoms with E-state index < -0.39 is 11.4 Å². The summed E-state index contributed by atoms with van der Waals surface area (Å²) in [5, 5.41) is 2.05. The summed E-state index contributed by atoms with van der Waals surface area (Å²) in [6, 6.07) is 15.5. The van der Waals surface area contributed by atoms with E-state index in [0.717, 1.165) is 17.7 Å². The lowest BCUT2D eigenvalue weighted by Crippen LogP contribution is -2.53. The molecule has 0 unspecified atom stereocenters. The smallest absolute Gasteiger partial charge is 0.254 e. The van der Waals surface area contributed by atoms with Gasteiger partial charge < -0.3 is 14.5 Å². The summed E-state index contributed by atoms with van der Waals surface area (Å²) in [6.07, 6.45) is 0.770. The molecule has 7 heteroatoms. The van der Waals surface area contributed by atoms with Crippen LogP contribution >= 0.6 is 11.3 Å². The van der Waals surface area contributed by atoms with E-state index in [-0.39, 0.29) is 30.0 Å². The SMILES string of the molecule is CC(C)c1ccc(OC[C@H]2c3ccsc3CCN2C(=O)CN(C(=O)c2cccc(F)c2)C(C)(C)C)cc1. The third kappa shape index (κ3) is 6.21. The molecule has 0 bridgehead atoms. The summed E-state index contributed by atoms with van der Waals surface area (Å²) < 4.78 is 20.0. The van der Waals surface area contributed by atoms with Gasteiger partial charge in [-0.3, -0.25) is 9.59 Å². The maximum Gasteiger partial charge on any atom is 0.254 e. The summed E-state index contributed by atoms with van der Waals surface area (Å²) >= 11 is 1.70. The minimum atomic E-state index is -0.632. The highest BCUT2D eigenvalue weighted by atomic mass is 32.1. The molecular weight excluding hydrogens is 487 g/mol. The monoisotopic (exact) mass is 522 g/mol. The van der Waals surface area contributed by atoms with Crippen LogP contribution in [-0.4, -0.2) is 46.8 Å². The zero-order chi connectivity index (χ0) is 26.7. The van der Waals surface area contributed by atoms with Crippen molar-refractivity contribution in [1.29, 1.82) is 0 Å². The molecule has 1 aliphatic heterocycles. The van der Waals surface area contributed by atoms with Gasteiger partial charge in [-0.1, -0.05) is 32.0 Å². The van der Waals surface area contributed by atoms with Gasteiger partial charge in [-0.15, -0.1) is 11.3 Å².